The van der Waals surface area contributed by atoms with Crippen LogP contribution in [0.4, 0.5) is 0 Å². The molecule has 182 valence electrons. The van der Waals surface area contributed by atoms with E-state index in [-0.39, 0.29) is 18.4 Å². The van der Waals surface area contributed by atoms with Crippen molar-refractivity contribution in [2.75, 3.05) is 26.7 Å². The molecule has 1 aromatic heterocycles. The van der Waals surface area contributed by atoms with Gasteiger partial charge in [-0.25, -0.2) is 4.98 Å². The van der Waals surface area contributed by atoms with Crippen molar-refractivity contribution in [3.8, 4) is 5.75 Å². The van der Waals surface area contributed by atoms with Crippen LogP contribution in [0.5, 0.6) is 5.75 Å². The molecule has 0 fully saturated rings. The summed E-state index contributed by atoms with van der Waals surface area (Å²) in [5.74, 6) is 2.00. The molecule has 0 saturated heterocycles. The second-order valence-electron chi connectivity index (χ2n) is 9.40. The first-order valence-corrected chi connectivity index (χ1v) is 11.9. The van der Waals surface area contributed by atoms with Gasteiger partial charge in [-0.1, -0.05) is 52.0 Å². The van der Waals surface area contributed by atoms with E-state index in [1.54, 1.807) is 19.2 Å². The molecule has 0 spiro atoms. The number of hydrogen-bond acceptors (Lipinski definition) is 4. The topological polar surface area (TPSA) is 76.5 Å². The van der Waals surface area contributed by atoms with Crippen LogP contribution < -0.4 is 10.1 Å². The first kappa shape index (κ1) is 25.3. The van der Waals surface area contributed by atoms with Gasteiger partial charge >= 0.3 is 0 Å². The molecule has 0 aliphatic carbocycles. The fourth-order valence-corrected chi connectivity index (χ4v) is 4.10. The lowest BCUT2D eigenvalue weighted by molar-refractivity contribution is -0.132. The third-order valence-electron chi connectivity index (χ3n) is 5.54. The highest BCUT2D eigenvalue weighted by atomic mass is 16.5. The molecule has 2 aromatic carbocycles. The lowest BCUT2D eigenvalue weighted by atomic mass is 10.1. The maximum Gasteiger partial charge on any atom is 0.255 e. The van der Waals surface area contributed by atoms with E-state index in [4.69, 9.17) is 9.72 Å². The number of fused-ring (bicyclic) bond motifs is 1. The van der Waals surface area contributed by atoms with Gasteiger partial charge in [-0.15, -0.1) is 0 Å². The Morgan fingerprint density at radius 3 is 2.32 bits per heavy atom. The molecule has 7 heteroatoms. The number of hydrogen-bond donors (Lipinski definition) is 1. The van der Waals surface area contributed by atoms with Crippen molar-refractivity contribution in [2.45, 2.75) is 40.7 Å². The number of amides is 2. The molecule has 0 radical (unpaired) electrons. The average Bonchev–Trinajstić information content (AvgIpc) is 3.15. The molecule has 1 N–H and O–H groups in total. The molecular formula is C27H36N4O3. The molecule has 0 unspecified atom stereocenters. The molecule has 34 heavy (non-hydrogen) atoms. The van der Waals surface area contributed by atoms with Crippen molar-refractivity contribution < 1.29 is 14.3 Å². The predicted molar refractivity (Wildman–Crippen MR) is 135 cm³/mol. The highest BCUT2D eigenvalue weighted by molar-refractivity contribution is 5.96. The number of rotatable bonds is 11. The van der Waals surface area contributed by atoms with E-state index in [0.29, 0.717) is 36.1 Å². The number of carbonyl (C=O) groups excluding carboxylic acids is 2. The lowest BCUT2D eigenvalue weighted by Crippen LogP contribution is -2.39. The minimum absolute atomic E-state index is 0.0878. The molecule has 3 aromatic rings. The highest BCUT2D eigenvalue weighted by Crippen LogP contribution is 2.19. The zero-order valence-corrected chi connectivity index (χ0v) is 20.9. The number of nitrogens with zero attached hydrogens (tertiary/aromatic N) is 3. The van der Waals surface area contributed by atoms with E-state index in [2.05, 4.69) is 33.0 Å². The van der Waals surface area contributed by atoms with Crippen LogP contribution in [-0.2, 0) is 17.8 Å². The molecule has 0 aliphatic rings. The minimum Gasteiger partial charge on any atom is -0.496 e. The second kappa shape index (κ2) is 11.7. The van der Waals surface area contributed by atoms with Crippen molar-refractivity contribution in [3.05, 3.63) is 59.9 Å². The Kier molecular flexibility index (Phi) is 8.68. The first-order valence-electron chi connectivity index (χ1n) is 11.9. The van der Waals surface area contributed by atoms with E-state index in [0.717, 1.165) is 29.9 Å². The summed E-state index contributed by atoms with van der Waals surface area (Å²) >= 11 is 0. The maximum absolute atomic E-state index is 13.3. The van der Waals surface area contributed by atoms with Gasteiger partial charge in [0, 0.05) is 26.1 Å². The summed E-state index contributed by atoms with van der Waals surface area (Å²) in [4.78, 5) is 32.7. The lowest BCUT2D eigenvalue weighted by Gasteiger charge is -2.27. The van der Waals surface area contributed by atoms with E-state index in [1.165, 1.54) is 0 Å². The maximum atomic E-state index is 13.3. The number of ether oxygens (including phenoxy) is 1. The zero-order chi connectivity index (χ0) is 24.7. The monoisotopic (exact) mass is 464 g/mol. The molecule has 0 atom stereocenters. The molecule has 0 bridgehead atoms. The van der Waals surface area contributed by atoms with Crippen LogP contribution in [0.2, 0.25) is 0 Å². The number of imidazole rings is 1. The SMILES string of the molecule is COc1ccccc1C(=O)NCCc1nc2ccccc2n1CC(=O)N(CC(C)C)CC(C)C. The normalized spacial score (nSPS) is 11.3. The van der Waals surface area contributed by atoms with Gasteiger partial charge in [-0.2, -0.15) is 0 Å². The van der Waals surface area contributed by atoms with Gasteiger partial charge in [0.05, 0.1) is 23.7 Å². The zero-order valence-electron chi connectivity index (χ0n) is 20.9. The van der Waals surface area contributed by atoms with Crippen LogP contribution in [0.1, 0.15) is 43.9 Å². The van der Waals surface area contributed by atoms with Crippen molar-refractivity contribution in [2.24, 2.45) is 11.8 Å². The van der Waals surface area contributed by atoms with Gasteiger partial charge in [-0.3, -0.25) is 9.59 Å². The van der Waals surface area contributed by atoms with Gasteiger partial charge in [-0.05, 0) is 36.1 Å². The first-order chi connectivity index (χ1) is 16.3. The molecular weight excluding hydrogens is 428 g/mol. The third kappa shape index (κ3) is 6.37. The van der Waals surface area contributed by atoms with E-state index < -0.39 is 0 Å². The summed E-state index contributed by atoms with van der Waals surface area (Å²) in [6.45, 7) is 10.6. The number of nitrogens with one attached hydrogen (secondary N) is 1. The summed E-state index contributed by atoms with van der Waals surface area (Å²) in [5.41, 5.74) is 2.27. The largest absolute Gasteiger partial charge is 0.496 e. The summed E-state index contributed by atoms with van der Waals surface area (Å²) in [5, 5.41) is 2.95. The third-order valence-corrected chi connectivity index (χ3v) is 5.54. The van der Waals surface area contributed by atoms with E-state index >= 15 is 0 Å². The van der Waals surface area contributed by atoms with Gasteiger partial charge in [0.2, 0.25) is 5.91 Å². The fourth-order valence-electron chi connectivity index (χ4n) is 4.10. The quantitative estimate of drug-likeness (QED) is 0.462. The minimum atomic E-state index is -0.198. The molecule has 0 aliphatic heterocycles. The Morgan fingerprint density at radius 2 is 1.65 bits per heavy atom. The number of carbonyl (C=O) groups is 2. The number of para-hydroxylation sites is 3. The van der Waals surface area contributed by atoms with Gasteiger partial charge in [0.1, 0.15) is 18.1 Å². The Labute approximate surface area is 202 Å². The number of aromatic nitrogens is 2. The molecule has 0 saturated carbocycles. The average molecular weight is 465 g/mol. The fraction of sp³-hybridized carbons (Fsp3) is 0.444. The standard InChI is InChI=1S/C27H36N4O3/c1-19(2)16-30(17-20(3)4)26(32)18-31-23-12-8-7-11-22(23)29-25(31)14-15-28-27(33)21-10-6-9-13-24(21)34-5/h6-13,19-20H,14-18H2,1-5H3,(H,28,33). The van der Waals surface area contributed by atoms with Crippen molar-refractivity contribution in [1.82, 2.24) is 19.8 Å². The second-order valence-corrected chi connectivity index (χ2v) is 9.40. The molecule has 7 nitrogen and oxygen atoms in total. The Balaban J connectivity index is 1.77. The van der Waals surface area contributed by atoms with E-state index in [1.807, 2.05) is 45.9 Å². The van der Waals surface area contributed by atoms with Crippen LogP contribution in [0.15, 0.2) is 48.5 Å². The Hall–Kier alpha value is -3.35. The Bertz CT molecular complexity index is 1110. The summed E-state index contributed by atoms with van der Waals surface area (Å²) < 4.78 is 7.28. The van der Waals surface area contributed by atoms with Crippen LogP contribution in [0.3, 0.4) is 0 Å². The highest BCUT2D eigenvalue weighted by Gasteiger charge is 2.20. The van der Waals surface area contributed by atoms with Crippen molar-refractivity contribution in [3.63, 3.8) is 0 Å². The number of benzene rings is 2. The molecule has 3 rings (SSSR count). The summed E-state index contributed by atoms with van der Waals surface area (Å²) in [7, 11) is 1.55. The van der Waals surface area contributed by atoms with Crippen molar-refractivity contribution in [1.29, 1.82) is 0 Å². The van der Waals surface area contributed by atoms with Gasteiger partial charge in [0.25, 0.3) is 5.91 Å². The molecule has 2 amide bonds. The van der Waals surface area contributed by atoms with Gasteiger partial charge < -0.3 is 19.5 Å². The molecule has 1 heterocycles. The predicted octanol–water partition coefficient (Wildman–Crippen LogP) is 4.16. The number of methoxy groups -OCH3 is 1. The Morgan fingerprint density at radius 1 is 1.00 bits per heavy atom. The van der Waals surface area contributed by atoms with Crippen LogP contribution in [0, 0.1) is 11.8 Å². The van der Waals surface area contributed by atoms with Crippen LogP contribution in [0.25, 0.3) is 11.0 Å². The summed E-state index contributed by atoms with van der Waals surface area (Å²) in [6, 6.07) is 15.0. The smallest absolute Gasteiger partial charge is 0.255 e. The van der Waals surface area contributed by atoms with Crippen LogP contribution in [-0.4, -0.2) is 53.0 Å². The van der Waals surface area contributed by atoms with Crippen LogP contribution >= 0.6 is 0 Å². The van der Waals surface area contributed by atoms with Gasteiger partial charge in [0.15, 0.2) is 0 Å². The van der Waals surface area contributed by atoms with E-state index in [9.17, 15) is 9.59 Å². The summed E-state index contributed by atoms with van der Waals surface area (Å²) in [6.07, 6.45) is 0.511. The van der Waals surface area contributed by atoms with Crippen molar-refractivity contribution >= 4 is 22.8 Å².